The molecule has 1 fully saturated rings. The second kappa shape index (κ2) is 13.3. The Kier molecular flexibility index (Phi) is 11.9. The molecule has 2 rings (SSSR count). The summed E-state index contributed by atoms with van der Waals surface area (Å²) in [6, 6.07) is 6.71. The molecule has 0 unspecified atom stereocenters. The van der Waals surface area contributed by atoms with Crippen molar-refractivity contribution in [3.8, 4) is 0 Å². The number of halogens is 5. The molecule has 1 aromatic carbocycles. The van der Waals surface area contributed by atoms with Crippen LogP contribution in [0.15, 0.2) is 29.3 Å². The molecule has 0 spiro atoms. The largest absolute Gasteiger partial charge is 0.401 e. The number of rotatable bonds is 8. The monoisotopic (exact) mass is 530 g/mol. The van der Waals surface area contributed by atoms with Gasteiger partial charge in [-0.05, 0) is 63.2 Å². The molecule has 4 nitrogen and oxygen atoms in total. The van der Waals surface area contributed by atoms with Gasteiger partial charge in [-0.25, -0.2) is 4.39 Å². The first-order valence-electron chi connectivity index (χ1n) is 9.92. The Labute approximate surface area is 187 Å². The zero-order valence-corrected chi connectivity index (χ0v) is 19.1. The highest BCUT2D eigenvalue weighted by molar-refractivity contribution is 14.0. The fraction of sp³-hybridized carbons (Fsp3) is 0.650. The van der Waals surface area contributed by atoms with Crippen molar-refractivity contribution >= 4 is 29.9 Å². The summed E-state index contributed by atoms with van der Waals surface area (Å²) < 4.78 is 51.0. The van der Waals surface area contributed by atoms with Gasteiger partial charge in [0.15, 0.2) is 5.96 Å². The number of nitrogens with one attached hydrogen (secondary N) is 2. The van der Waals surface area contributed by atoms with Gasteiger partial charge in [-0.15, -0.1) is 24.0 Å². The van der Waals surface area contributed by atoms with Crippen LogP contribution in [-0.2, 0) is 6.42 Å². The number of benzene rings is 1. The summed E-state index contributed by atoms with van der Waals surface area (Å²) in [4.78, 5) is 6.03. The van der Waals surface area contributed by atoms with Crippen molar-refractivity contribution in [3.63, 3.8) is 0 Å². The van der Waals surface area contributed by atoms with Crippen LogP contribution < -0.4 is 10.6 Å². The fourth-order valence-electron chi connectivity index (χ4n) is 3.40. The van der Waals surface area contributed by atoms with Crippen LogP contribution in [-0.4, -0.2) is 56.3 Å². The summed E-state index contributed by atoms with van der Waals surface area (Å²) in [6.45, 7) is 4.07. The molecule has 1 aliphatic heterocycles. The molecule has 1 heterocycles. The molecule has 29 heavy (non-hydrogen) atoms. The smallest absolute Gasteiger partial charge is 0.357 e. The molecule has 2 N–H and O–H groups in total. The second-order valence-electron chi connectivity index (χ2n) is 7.15. The number of alkyl halides is 3. The Morgan fingerprint density at radius 3 is 2.48 bits per heavy atom. The minimum absolute atomic E-state index is 0. The van der Waals surface area contributed by atoms with Crippen molar-refractivity contribution in [2.24, 2.45) is 10.9 Å². The molecule has 0 aliphatic carbocycles. The SMILES string of the molecule is CCNC(=NCCC1CCN(CC(F)(F)F)CC1)NCCc1ccccc1F.I. The quantitative estimate of drug-likeness (QED) is 0.229. The highest BCUT2D eigenvalue weighted by atomic mass is 127. The first-order chi connectivity index (χ1) is 13.4. The van der Waals surface area contributed by atoms with Crippen LogP contribution in [0.3, 0.4) is 0 Å². The maximum Gasteiger partial charge on any atom is 0.401 e. The van der Waals surface area contributed by atoms with Gasteiger partial charge in [-0.3, -0.25) is 9.89 Å². The predicted octanol–water partition coefficient (Wildman–Crippen LogP) is 4.21. The molecule has 0 atom stereocenters. The number of hydrogen-bond donors (Lipinski definition) is 2. The lowest BCUT2D eigenvalue weighted by Gasteiger charge is -2.32. The Balaban J connectivity index is 0.00000420. The standard InChI is InChI=1S/C20H30F4N4.HI/c1-2-25-19(27-12-8-17-5-3-4-6-18(17)21)26-11-7-16-9-13-28(14-10-16)15-20(22,23)24;/h3-6,16H,2,7-15H2,1H3,(H2,25,26,27);1H. The lowest BCUT2D eigenvalue weighted by Crippen LogP contribution is -2.40. The molecule has 1 aromatic rings. The fourth-order valence-corrected chi connectivity index (χ4v) is 3.40. The first-order valence-corrected chi connectivity index (χ1v) is 9.92. The van der Waals surface area contributed by atoms with Gasteiger partial charge in [0.2, 0.25) is 0 Å². The van der Waals surface area contributed by atoms with Crippen LogP contribution >= 0.6 is 24.0 Å². The molecular weight excluding hydrogens is 499 g/mol. The minimum atomic E-state index is -4.12. The van der Waals surface area contributed by atoms with E-state index < -0.39 is 12.7 Å². The summed E-state index contributed by atoms with van der Waals surface area (Å²) >= 11 is 0. The molecule has 0 saturated carbocycles. The molecule has 0 amide bonds. The van der Waals surface area contributed by atoms with E-state index in [-0.39, 0.29) is 29.8 Å². The average Bonchev–Trinajstić information content (AvgIpc) is 2.63. The molecule has 9 heteroatoms. The maximum atomic E-state index is 13.6. The van der Waals surface area contributed by atoms with Crippen LogP contribution in [0.5, 0.6) is 0 Å². The van der Waals surface area contributed by atoms with E-state index in [9.17, 15) is 17.6 Å². The van der Waals surface area contributed by atoms with E-state index in [1.807, 2.05) is 13.0 Å². The number of likely N-dealkylation sites (tertiary alicyclic amines) is 1. The van der Waals surface area contributed by atoms with E-state index in [1.165, 1.54) is 11.0 Å². The summed E-state index contributed by atoms with van der Waals surface area (Å²) in [6.07, 6.45) is -1.13. The van der Waals surface area contributed by atoms with Crippen LogP contribution in [0.1, 0.15) is 31.7 Å². The predicted molar refractivity (Wildman–Crippen MR) is 119 cm³/mol. The van der Waals surface area contributed by atoms with Crippen LogP contribution in [0.25, 0.3) is 0 Å². The van der Waals surface area contributed by atoms with Crippen molar-refractivity contribution in [2.75, 3.05) is 39.3 Å². The van der Waals surface area contributed by atoms with Crippen molar-refractivity contribution in [2.45, 2.75) is 38.8 Å². The Morgan fingerprint density at radius 1 is 1.17 bits per heavy atom. The normalized spacial score (nSPS) is 16.4. The molecule has 0 aromatic heterocycles. The number of hydrogen-bond acceptors (Lipinski definition) is 2. The van der Waals surface area contributed by atoms with Gasteiger partial charge in [0, 0.05) is 19.6 Å². The van der Waals surface area contributed by atoms with Gasteiger partial charge in [-0.2, -0.15) is 13.2 Å². The number of piperidine rings is 1. The van der Waals surface area contributed by atoms with E-state index in [0.29, 0.717) is 50.0 Å². The van der Waals surface area contributed by atoms with Crippen LogP contribution in [0.2, 0.25) is 0 Å². The zero-order valence-electron chi connectivity index (χ0n) is 16.8. The number of nitrogens with zero attached hydrogens (tertiary/aromatic N) is 2. The highest BCUT2D eigenvalue weighted by Crippen LogP contribution is 2.24. The first kappa shape index (κ1) is 25.9. The Hall–Kier alpha value is -1.10. The molecule has 1 saturated heterocycles. The summed E-state index contributed by atoms with van der Waals surface area (Å²) in [5, 5.41) is 6.37. The van der Waals surface area contributed by atoms with Gasteiger partial charge in [0.25, 0.3) is 0 Å². The molecule has 0 radical (unpaired) electrons. The van der Waals surface area contributed by atoms with Gasteiger partial charge < -0.3 is 10.6 Å². The highest BCUT2D eigenvalue weighted by Gasteiger charge is 2.32. The molecule has 0 bridgehead atoms. The zero-order chi connectivity index (χ0) is 20.4. The third-order valence-electron chi connectivity index (χ3n) is 4.91. The van der Waals surface area contributed by atoms with Gasteiger partial charge in [-0.1, -0.05) is 18.2 Å². The molecule has 1 aliphatic rings. The third-order valence-corrected chi connectivity index (χ3v) is 4.91. The van der Waals surface area contributed by atoms with Gasteiger partial charge >= 0.3 is 6.18 Å². The molecule has 166 valence electrons. The lowest BCUT2D eigenvalue weighted by molar-refractivity contribution is -0.148. The summed E-state index contributed by atoms with van der Waals surface area (Å²) in [7, 11) is 0. The average molecular weight is 530 g/mol. The second-order valence-corrected chi connectivity index (χ2v) is 7.15. The van der Waals surface area contributed by atoms with E-state index >= 15 is 0 Å². The number of aliphatic imine (C=N–C) groups is 1. The van der Waals surface area contributed by atoms with Crippen molar-refractivity contribution < 1.29 is 17.6 Å². The van der Waals surface area contributed by atoms with Crippen molar-refractivity contribution in [1.29, 1.82) is 0 Å². The third kappa shape index (κ3) is 10.5. The summed E-state index contributed by atoms with van der Waals surface area (Å²) in [5.41, 5.74) is 0.663. The van der Waals surface area contributed by atoms with E-state index in [4.69, 9.17) is 0 Å². The van der Waals surface area contributed by atoms with Crippen LogP contribution in [0.4, 0.5) is 17.6 Å². The molecular formula is C20H31F4IN4. The van der Waals surface area contributed by atoms with E-state index in [0.717, 1.165) is 25.8 Å². The number of guanidine groups is 1. The lowest BCUT2D eigenvalue weighted by atomic mass is 9.93. The summed E-state index contributed by atoms with van der Waals surface area (Å²) in [5.74, 6) is 0.894. The van der Waals surface area contributed by atoms with E-state index in [1.54, 1.807) is 12.1 Å². The van der Waals surface area contributed by atoms with E-state index in [2.05, 4.69) is 15.6 Å². The van der Waals surface area contributed by atoms with Crippen molar-refractivity contribution in [1.82, 2.24) is 15.5 Å². The van der Waals surface area contributed by atoms with Gasteiger partial charge in [0.1, 0.15) is 5.82 Å². The van der Waals surface area contributed by atoms with Crippen LogP contribution in [0, 0.1) is 11.7 Å². The van der Waals surface area contributed by atoms with Crippen molar-refractivity contribution in [3.05, 3.63) is 35.6 Å². The Bertz CT molecular complexity index is 617. The maximum absolute atomic E-state index is 13.6. The topological polar surface area (TPSA) is 39.7 Å². The Morgan fingerprint density at radius 2 is 1.86 bits per heavy atom. The van der Waals surface area contributed by atoms with Gasteiger partial charge in [0.05, 0.1) is 6.54 Å². The minimum Gasteiger partial charge on any atom is -0.357 e.